The topological polar surface area (TPSA) is 64.8 Å². The van der Waals surface area contributed by atoms with Gasteiger partial charge in [-0.1, -0.05) is 6.07 Å². The predicted octanol–water partition coefficient (Wildman–Crippen LogP) is 2.48. The van der Waals surface area contributed by atoms with Gasteiger partial charge in [-0.3, -0.25) is 4.79 Å². The van der Waals surface area contributed by atoms with Crippen molar-refractivity contribution in [1.29, 1.82) is 0 Å². The first kappa shape index (κ1) is 19.5. The van der Waals surface area contributed by atoms with E-state index in [2.05, 4.69) is 0 Å². The van der Waals surface area contributed by atoms with Crippen molar-refractivity contribution in [3.63, 3.8) is 0 Å². The number of halogens is 2. The van der Waals surface area contributed by atoms with Gasteiger partial charge >= 0.3 is 0 Å². The van der Waals surface area contributed by atoms with Crippen LogP contribution in [0.1, 0.15) is 30.9 Å². The lowest BCUT2D eigenvalue weighted by atomic mass is 10.0. The van der Waals surface area contributed by atoms with E-state index in [1.165, 1.54) is 0 Å². The van der Waals surface area contributed by atoms with Crippen LogP contribution in [0.5, 0.6) is 11.5 Å². The van der Waals surface area contributed by atoms with Gasteiger partial charge in [0.2, 0.25) is 5.91 Å². The van der Waals surface area contributed by atoms with E-state index < -0.39 is 12.2 Å². The first-order valence-corrected chi connectivity index (χ1v) is 7.44. The summed E-state index contributed by atoms with van der Waals surface area (Å²) in [6.07, 6.45) is 0.241. The molecule has 1 aliphatic heterocycles. The number of benzene rings is 1. The van der Waals surface area contributed by atoms with E-state index in [0.29, 0.717) is 37.4 Å². The summed E-state index contributed by atoms with van der Waals surface area (Å²) in [5, 5.41) is 0. The number of likely N-dealkylation sites (tertiary alicyclic amines) is 1. The molecule has 0 saturated carbocycles. The number of amides is 1. The molecule has 7 heteroatoms. The minimum atomic E-state index is -0.788. The van der Waals surface area contributed by atoms with Crippen molar-refractivity contribution in [1.82, 2.24) is 4.90 Å². The summed E-state index contributed by atoms with van der Waals surface area (Å²) in [7, 11) is 3.12. The van der Waals surface area contributed by atoms with Crippen molar-refractivity contribution in [2.75, 3.05) is 27.3 Å². The highest BCUT2D eigenvalue weighted by Gasteiger charge is 2.24. The van der Waals surface area contributed by atoms with Crippen molar-refractivity contribution in [2.45, 2.75) is 31.5 Å². The van der Waals surface area contributed by atoms with Crippen LogP contribution in [0.2, 0.25) is 0 Å². The van der Waals surface area contributed by atoms with Crippen LogP contribution in [0.15, 0.2) is 18.2 Å². The van der Waals surface area contributed by atoms with Gasteiger partial charge in [0.25, 0.3) is 0 Å². The molecule has 5 nitrogen and oxygen atoms in total. The van der Waals surface area contributed by atoms with Crippen LogP contribution in [-0.2, 0) is 4.79 Å². The van der Waals surface area contributed by atoms with Gasteiger partial charge in [-0.25, -0.2) is 4.39 Å². The van der Waals surface area contributed by atoms with Crippen LogP contribution in [0, 0.1) is 0 Å². The minimum Gasteiger partial charge on any atom is -0.493 e. The van der Waals surface area contributed by atoms with Gasteiger partial charge in [-0.05, 0) is 30.5 Å². The molecule has 1 aliphatic rings. The zero-order chi connectivity index (χ0) is 16.1. The second kappa shape index (κ2) is 8.93. The van der Waals surface area contributed by atoms with E-state index in [1.807, 2.05) is 6.07 Å². The van der Waals surface area contributed by atoms with Gasteiger partial charge < -0.3 is 20.1 Å². The van der Waals surface area contributed by atoms with Crippen LogP contribution in [0.25, 0.3) is 0 Å². The molecule has 1 amide bonds. The summed E-state index contributed by atoms with van der Waals surface area (Å²) < 4.78 is 23.5. The molecule has 2 N–H and O–H groups in total. The van der Waals surface area contributed by atoms with Crippen LogP contribution in [-0.4, -0.2) is 44.3 Å². The normalized spacial score (nSPS) is 16.4. The van der Waals surface area contributed by atoms with Crippen LogP contribution in [0.3, 0.4) is 0 Å². The Morgan fingerprint density at radius 1 is 1.30 bits per heavy atom. The van der Waals surface area contributed by atoms with E-state index in [4.69, 9.17) is 15.2 Å². The maximum atomic E-state index is 13.1. The van der Waals surface area contributed by atoms with E-state index in [9.17, 15) is 9.18 Å². The van der Waals surface area contributed by atoms with Crippen molar-refractivity contribution in [2.24, 2.45) is 5.73 Å². The highest BCUT2D eigenvalue weighted by atomic mass is 35.5. The van der Waals surface area contributed by atoms with Gasteiger partial charge in [0, 0.05) is 25.6 Å². The number of carbonyl (C=O) groups excluding carboxylic acids is 1. The van der Waals surface area contributed by atoms with Crippen LogP contribution >= 0.6 is 12.4 Å². The minimum absolute atomic E-state index is 0. The molecule has 0 spiro atoms. The van der Waals surface area contributed by atoms with Crippen LogP contribution < -0.4 is 15.2 Å². The Morgan fingerprint density at radius 3 is 2.48 bits per heavy atom. The van der Waals surface area contributed by atoms with E-state index >= 15 is 0 Å². The first-order valence-electron chi connectivity index (χ1n) is 7.44. The fourth-order valence-corrected chi connectivity index (χ4v) is 2.62. The lowest BCUT2D eigenvalue weighted by Gasteiger charge is -2.29. The molecule has 1 saturated heterocycles. The Hall–Kier alpha value is -1.53. The molecule has 0 radical (unpaired) electrons. The number of hydrogen-bond donors (Lipinski definition) is 1. The van der Waals surface area contributed by atoms with E-state index in [1.54, 1.807) is 31.3 Å². The summed E-state index contributed by atoms with van der Waals surface area (Å²) in [6, 6.07) is 4.96. The number of nitrogens with two attached hydrogens (primary N) is 1. The summed E-state index contributed by atoms with van der Waals surface area (Å²) in [6.45, 7) is 0.942. The Labute approximate surface area is 142 Å². The quantitative estimate of drug-likeness (QED) is 0.889. The maximum absolute atomic E-state index is 13.1. The number of hydrogen-bond acceptors (Lipinski definition) is 4. The molecular formula is C16H24ClFN2O3. The third kappa shape index (κ3) is 4.97. The SMILES string of the molecule is COc1ccc(C(N)CC(=O)N2CCC(F)CC2)cc1OC.Cl. The van der Waals surface area contributed by atoms with Crippen molar-refractivity contribution >= 4 is 18.3 Å². The van der Waals surface area contributed by atoms with E-state index in [-0.39, 0.29) is 24.7 Å². The Bertz CT molecular complexity index is 522. The molecular weight excluding hydrogens is 323 g/mol. The lowest BCUT2D eigenvalue weighted by Crippen LogP contribution is -2.40. The average Bonchev–Trinajstić information content (AvgIpc) is 2.54. The molecule has 1 atom stereocenters. The second-order valence-corrected chi connectivity index (χ2v) is 5.48. The number of alkyl halides is 1. The molecule has 2 rings (SSSR count). The number of ether oxygens (including phenoxy) is 2. The third-order valence-electron chi connectivity index (χ3n) is 4.01. The summed E-state index contributed by atoms with van der Waals surface area (Å²) in [4.78, 5) is 13.9. The summed E-state index contributed by atoms with van der Waals surface area (Å²) in [5.41, 5.74) is 6.94. The molecule has 0 bridgehead atoms. The van der Waals surface area contributed by atoms with Crippen molar-refractivity contribution in [3.8, 4) is 11.5 Å². The highest BCUT2D eigenvalue weighted by Crippen LogP contribution is 2.30. The van der Waals surface area contributed by atoms with Gasteiger partial charge in [0.1, 0.15) is 6.17 Å². The molecule has 0 aromatic heterocycles. The number of nitrogens with zero attached hydrogens (tertiary/aromatic N) is 1. The molecule has 23 heavy (non-hydrogen) atoms. The highest BCUT2D eigenvalue weighted by molar-refractivity contribution is 5.85. The molecule has 1 fully saturated rings. The number of carbonyl (C=O) groups is 1. The zero-order valence-electron chi connectivity index (χ0n) is 13.5. The molecule has 1 aromatic rings. The second-order valence-electron chi connectivity index (χ2n) is 5.48. The number of rotatable bonds is 5. The van der Waals surface area contributed by atoms with Gasteiger partial charge in [0.05, 0.1) is 14.2 Å². The Kier molecular flexibility index (Phi) is 7.58. The van der Waals surface area contributed by atoms with Gasteiger partial charge in [0.15, 0.2) is 11.5 Å². The maximum Gasteiger partial charge on any atom is 0.224 e. The Morgan fingerprint density at radius 2 is 1.91 bits per heavy atom. The van der Waals surface area contributed by atoms with E-state index in [0.717, 1.165) is 5.56 Å². The smallest absolute Gasteiger partial charge is 0.224 e. The molecule has 1 aromatic carbocycles. The zero-order valence-corrected chi connectivity index (χ0v) is 14.3. The largest absolute Gasteiger partial charge is 0.493 e. The summed E-state index contributed by atoms with van der Waals surface area (Å²) in [5.74, 6) is 1.17. The standard InChI is InChI=1S/C16H23FN2O3.ClH/c1-21-14-4-3-11(9-15(14)22-2)13(18)10-16(20)19-7-5-12(17)6-8-19;/h3-4,9,12-13H,5-8,10,18H2,1-2H3;1H. The molecule has 1 unspecified atom stereocenters. The molecule has 1 heterocycles. The number of piperidine rings is 1. The summed E-state index contributed by atoms with van der Waals surface area (Å²) >= 11 is 0. The monoisotopic (exact) mass is 346 g/mol. The predicted molar refractivity (Wildman–Crippen MR) is 89.0 cm³/mol. The first-order chi connectivity index (χ1) is 10.5. The fraction of sp³-hybridized carbons (Fsp3) is 0.562. The Balaban J connectivity index is 0.00000264. The lowest BCUT2D eigenvalue weighted by molar-refractivity contribution is -0.133. The third-order valence-corrected chi connectivity index (χ3v) is 4.01. The van der Waals surface area contributed by atoms with Gasteiger partial charge in [-0.15, -0.1) is 12.4 Å². The van der Waals surface area contributed by atoms with Gasteiger partial charge in [-0.2, -0.15) is 0 Å². The fourth-order valence-electron chi connectivity index (χ4n) is 2.62. The van der Waals surface area contributed by atoms with Crippen LogP contribution in [0.4, 0.5) is 4.39 Å². The van der Waals surface area contributed by atoms with Crippen molar-refractivity contribution in [3.05, 3.63) is 23.8 Å². The molecule has 0 aliphatic carbocycles. The van der Waals surface area contributed by atoms with Crippen molar-refractivity contribution < 1.29 is 18.7 Å². The average molecular weight is 347 g/mol. The number of methoxy groups -OCH3 is 2. The molecule has 130 valence electrons.